The van der Waals surface area contributed by atoms with Crippen LogP contribution < -0.4 is 4.74 Å². The Kier molecular flexibility index (Phi) is 4.88. The number of benzene rings is 1. The molecule has 5 heteroatoms. The highest BCUT2D eigenvalue weighted by molar-refractivity contribution is 5.77. The van der Waals surface area contributed by atoms with E-state index < -0.39 is 0 Å². The number of aromatic nitrogens is 1. The van der Waals surface area contributed by atoms with E-state index in [1.807, 2.05) is 43.0 Å². The topological polar surface area (TPSA) is 55.6 Å². The quantitative estimate of drug-likeness (QED) is 0.781. The van der Waals surface area contributed by atoms with Crippen LogP contribution in [0, 0.1) is 13.8 Å². The lowest BCUT2D eigenvalue weighted by atomic mass is 10.1. The third-order valence-electron chi connectivity index (χ3n) is 4.59. The summed E-state index contributed by atoms with van der Waals surface area (Å²) in [5.74, 6) is 1.85. The van der Waals surface area contributed by atoms with Crippen LogP contribution in [-0.2, 0) is 17.8 Å². The van der Waals surface area contributed by atoms with Gasteiger partial charge in [0.15, 0.2) is 0 Å². The van der Waals surface area contributed by atoms with Crippen molar-refractivity contribution >= 4 is 5.91 Å². The maximum Gasteiger partial charge on any atom is 0.223 e. The van der Waals surface area contributed by atoms with E-state index in [2.05, 4.69) is 5.16 Å². The number of amides is 1. The molecular formula is C19H24N2O3. The molecule has 1 aliphatic carbocycles. The van der Waals surface area contributed by atoms with Gasteiger partial charge in [0.1, 0.15) is 11.5 Å². The molecule has 1 aromatic carbocycles. The fourth-order valence-corrected chi connectivity index (χ4v) is 2.97. The van der Waals surface area contributed by atoms with Crippen LogP contribution in [0.3, 0.4) is 0 Å². The number of rotatable bonds is 7. The Morgan fingerprint density at radius 2 is 2.00 bits per heavy atom. The minimum Gasteiger partial charge on any atom is -0.497 e. The molecule has 3 rings (SSSR count). The summed E-state index contributed by atoms with van der Waals surface area (Å²) in [4.78, 5) is 14.7. The Balaban J connectivity index is 1.63. The van der Waals surface area contributed by atoms with Crippen molar-refractivity contribution in [2.24, 2.45) is 0 Å². The standard InChI is InChI=1S/C19H24N2O3/c1-13-18(14(2)24-20-13)10-11-19(22)21(16-6-7-16)12-15-4-8-17(23-3)9-5-15/h4-5,8-9,16H,6-7,10-12H2,1-3H3. The van der Waals surface area contributed by atoms with E-state index in [0.29, 0.717) is 25.4 Å². The van der Waals surface area contributed by atoms with Crippen LogP contribution in [0.25, 0.3) is 0 Å². The number of carbonyl (C=O) groups is 1. The zero-order chi connectivity index (χ0) is 17.1. The lowest BCUT2D eigenvalue weighted by Gasteiger charge is -2.23. The van der Waals surface area contributed by atoms with Crippen molar-refractivity contribution in [1.29, 1.82) is 0 Å². The molecule has 0 spiro atoms. The number of hydrogen-bond acceptors (Lipinski definition) is 4. The Bertz CT molecular complexity index is 682. The van der Waals surface area contributed by atoms with Crippen LogP contribution in [0.2, 0.25) is 0 Å². The van der Waals surface area contributed by atoms with Gasteiger partial charge in [-0.25, -0.2) is 0 Å². The first-order valence-electron chi connectivity index (χ1n) is 8.42. The van der Waals surface area contributed by atoms with E-state index in [9.17, 15) is 4.79 Å². The minimum absolute atomic E-state index is 0.202. The highest BCUT2D eigenvalue weighted by Crippen LogP contribution is 2.29. The molecule has 2 aromatic rings. The Labute approximate surface area is 142 Å². The molecular weight excluding hydrogens is 304 g/mol. The van der Waals surface area contributed by atoms with Crippen LogP contribution >= 0.6 is 0 Å². The van der Waals surface area contributed by atoms with E-state index in [0.717, 1.165) is 41.2 Å². The van der Waals surface area contributed by atoms with E-state index in [4.69, 9.17) is 9.26 Å². The average Bonchev–Trinajstić information content (AvgIpc) is 3.38. The van der Waals surface area contributed by atoms with Gasteiger partial charge >= 0.3 is 0 Å². The number of carbonyl (C=O) groups excluding carboxylic acids is 1. The smallest absolute Gasteiger partial charge is 0.223 e. The van der Waals surface area contributed by atoms with Crippen LogP contribution in [-0.4, -0.2) is 29.1 Å². The Morgan fingerprint density at radius 3 is 2.54 bits per heavy atom. The summed E-state index contributed by atoms with van der Waals surface area (Å²) >= 11 is 0. The average molecular weight is 328 g/mol. The van der Waals surface area contributed by atoms with Crippen molar-refractivity contribution in [3.63, 3.8) is 0 Å². The second-order valence-electron chi connectivity index (χ2n) is 6.40. The second kappa shape index (κ2) is 7.07. The van der Waals surface area contributed by atoms with E-state index >= 15 is 0 Å². The first-order valence-corrected chi connectivity index (χ1v) is 8.42. The van der Waals surface area contributed by atoms with Gasteiger partial charge in [0, 0.05) is 24.6 Å². The Morgan fingerprint density at radius 1 is 1.29 bits per heavy atom. The van der Waals surface area contributed by atoms with Crippen molar-refractivity contribution in [2.45, 2.75) is 52.1 Å². The summed E-state index contributed by atoms with van der Waals surface area (Å²) in [6.07, 6.45) is 3.39. The maximum atomic E-state index is 12.7. The lowest BCUT2D eigenvalue weighted by molar-refractivity contribution is -0.132. The molecule has 0 atom stereocenters. The summed E-state index contributed by atoms with van der Waals surface area (Å²) in [6, 6.07) is 8.32. The molecule has 0 radical (unpaired) electrons. The maximum absolute atomic E-state index is 12.7. The number of nitrogens with zero attached hydrogens (tertiary/aromatic N) is 2. The highest BCUT2D eigenvalue weighted by Gasteiger charge is 2.32. The van der Waals surface area contributed by atoms with E-state index in [-0.39, 0.29) is 5.91 Å². The van der Waals surface area contributed by atoms with E-state index in [1.54, 1.807) is 7.11 Å². The van der Waals surface area contributed by atoms with Gasteiger partial charge in [0.25, 0.3) is 0 Å². The van der Waals surface area contributed by atoms with Gasteiger partial charge in [-0.1, -0.05) is 17.3 Å². The summed E-state index contributed by atoms with van der Waals surface area (Å²) < 4.78 is 10.4. The lowest BCUT2D eigenvalue weighted by Crippen LogP contribution is -2.32. The van der Waals surface area contributed by atoms with Crippen LogP contribution in [0.5, 0.6) is 5.75 Å². The molecule has 1 saturated carbocycles. The van der Waals surface area contributed by atoms with Gasteiger partial charge in [0.2, 0.25) is 5.91 Å². The third kappa shape index (κ3) is 3.78. The van der Waals surface area contributed by atoms with Gasteiger partial charge in [0.05, 0.1) is 12.8 Å². The van der Waals surface area contributed by atoms with Gasteiger partial charge in [-0.3, -0.25) is 4.79 Å². The summed E-state index contributed by atoms with van der Waals surface area (Å²) in [5.41, 5.74) is 3.07. The fraction of sp³-hybridized carbons (Fsp3) is 0.474. The van der Waals surface area contributed by atoms with Crippen molar-refractivity contribution in [3.05, 3.63) is 46.8 Å². The van der Waals surface area contributed by atoms with E-state index in [1.165, 1.54) is 0 Å². The number of ether oxygens (including phenoxy) is 1. The molecule has 24 heavy (non-hydrogen) atoms. The zero-order valence-electron chi connectivity index (χ0n) is 14.5. The number of aryl methyl sites for hydroxylation is 2. The monoisotopic (exact) mass is 328 g/mol. The molecule has 1 heterocycles. The van der Waals surface area contributed by atoms with Crippen LogP contribution in [0.4, 0.5) is 0 Å². The predicted molar refractivity (Wildman–Crippen MR) is 90.9 cm³/mol. The zero-order valence-corrected chi connectivity index (χ0v) is 14.5. The highest BCUT2D eigenvalue weighted by atomic mass is 16.5. The summed E-state index contributed by atoms with van der Waals surface area (Å²) in [7, 11) is 1.66. The minimum atomic E-state index is 0.202. The summed E-state index contributed by atoms with van der Waals surface area (Å²) in [6.45, 7) is 4.48. The number of methoxy groups -OCH3 is 1. The first kappa shape index (κ1) is 16.6. The van der Waals surface area contributed by atoms with Crippen LogP contribution in [0.15, 0.2) is 28.8 Å². The molecule has 5 nitrogen and oxygen atoms in total. The van der Waals surface area contributed by atoms with Gasteiger partial charge in [-0.05, 0) is 50.8 Å². The first-order chi connectivity index (χ1) is 11.6. The van der Waals surface area contributed by atoms with Crippen molar-refractivity contribution < 1.29 is 14.1 Å². The van der Waals surface area contributed by atoms with Crippen molar-refractivity contribution in [2.75, 3.05) is 7.11 Å². The normalized spacial score (nSPS) is 13.8. The second-order valence-corrected chi connectivity index (χ2v) is 6.40. The van der Waals surface area contributed by atoms with Gasteiger partial charge < -0.3 is 14.2 Å². The molecule has 1 aromatic heterocycles. The van der Waals surface area contributed by atoms with Crippen molar-refractivity contribution in [1.82, 2.24) is 10.1 Å². The summed E-state index contributed by atoms with van der Waals surface area (Å²) in [5, 5.41) is 3.96. The molecule has 0 bridgehead atoms. The number of hydrogen-bond donors (Lipinski definition) is 0. The molecule has 0 N–H and O–H groups in total. The third-order valence-corrected chi connectivity index (χ3v) is 4.59. The fourth-order valence-electron chi connectivity index (χ4n) is 2.97. The molecule has 1 fully saturated rings. The molecule has 1 aliphatic rings. The molecule has 128 valence electrons. The molecule has 0 saturated heterocycles. The molecule has 0 aliphatic heterocycles. The van der Waals surface area contributed by atoms with Crippen LogP contribution in [0.1, 0.15) is 41.8 Å². The van der Waals surface area contributed by atoms with Gasteiger partial charge in [-0.15, -0.1) is 0 Å². The largest absolute Gasteiger partial charge is 0.497 e. The van der Waals surface area contributed by atoms with Crippen molar-refractivity contribution in [3.8, 4) is 5.75 Å². The predicted octanol–water partition coefficient (Wildman–Crippen LogP) is 3.42. The van der Waals surface area contributed by atoms with Gasteiger partial charge in [-0.2, -0.15) is 0 Å². The molecule has 1 amide bonds. The Hall–Kier alpha value is -2.30. The SMILES string of the molecule is COc1ccc(CN(C(=O)CCc2c(C)noc2C)C2CC2)cc1. The molecule has 0 unspecified atom stereocenters.